The minimum absolute atomic E-state index is 0.112. The summed E-state index contributed by atoms with van der Waals surface area (Å²) >= 11 is 0. The number of phenolic OH excluding ortho intramolecular Hbond substituents is 2. The first-order chi connectivity index (χ1) is 7.25. The zero-order valence-electron chi connectivity index (χ0n) is 7.73. The topological polar surface area (TPSA) is 58.9 Å². The molecule has 15 heavy (non-hydrogen) atoms. The summed E-state index contributed by atoms with van der Waals surface area (Å²) in [6.45, 7) is 0.174. The van der Waals surface area contributed by atoms with Gasteiger partial charge in [-0.2, -0.15) is 0 Å². The standard InChI is InChI=1S/C11H8O4/c12-8-1-2-9(13)7-4-11-10(3-6(7)8)14-5-15-11/h1-4,12-13H,5H2. The van der Waals surface area contributed by atoms with Gasteiger partial charge in [-0.3, -0.25) is 0 Å². The molecule has 1 aliphatic rings. The van der Waals surface area contributed by atoms with Gasteiger partial charge >= 0.3 is 0 Å². The quantitative estimate of drug-likeness (QED) is 0.644. The van der Waals surface area contributed by atoms with Crippen LogP contribution in [-0.2, 0) is 0 Å². The molecule has 0 aliphatic carbocycles. The van der Waals surface area contributed by atoms with Gasteiger partial charge in [-0.25, -0.2) is 0 Å². The van der Waals surface area contributed by atoms with E-state index in [9.17, 15) is 10.2 Å². The normalized spacial score (nSPS) is 13.3. The van der Waals surface area contributed by atoms with E-state index in [1.54, 1.807) is 12.1 Å². The monoisotopic (exact) mass is 204 g/mol. The fourth-order valence-corrected chi connectivity index (χ4v) is 1.70. The molecule has 4 nitrogen and oxygen atoms in total. The predicted molar refractivity (Wildman–Crippen MR) is 53.4 cm³/mol. The van der Waals surface area contributed by atoms with E-state index < -0.39 is 0 Å². The van der Waals surface area contributed by atoms with Crippen LogP contribution in [0.25, 0.3) is 10.8 Å². The molecule has 0 saturated heterocycles. The van der Waals surface area contributed by atoms with Crippen LogP contribution in [0.1, 0.15) is 0 Å². The first-order valence-corrected chi connectivity index (χ1v) is 4.50. The maximum Gasteiger partial charge on any atom is 0.231 e. The highest BCUT2D eigenvalue weighted by molar-refractivity contribution is 5.95. The van der Waals surface area contributed by atoms with Crippen molar-refractivity contribution in [1.29, 1.82) is 0 Å². The lowest BCUT2D eigenvalue weighted by molar-refractivity contribution is 0.174. The molecule has 1 heterocycles. The van der Waals surface area contributed by atoms with Crippen LogP contribution in [0, 0.1) is 0 Å². The van der Waals surface area contributed by atoms with E-state index in [1.807, 2.05) is 0 Å². The van der Waals surface area contributed by atoms with Gasteiger partial charge in [-0.1, -0.05) is 0 Å². The summed E-state index contributed by atoms with van der Waals surface area (Å²) < 4.78 is 10.4. The molecule has 2 N–H and O–H groups in total. The molecule has 0 amide bonds. The van der Waals surface area contributed by atoms with Gasteiger partial charge in [0.2, 0.25) is 6.79 Å². The molecule has 0 bridgehead atoms. The van der Waals surface area contributed by atoms with Gasteiger partial charge in [0.15, 0.2) is 11.5 Å². The van der Waals surface area contributed by atoms with Crippen molar-refractivity contribution in [1.82, 2.24) is 0 Å². The SMILES string of the molecule is Oc1ccc(O)c2cc3c(cc12)OCO3. The van der Waals surface area contributed by atoms with Crippen LogP contribution in [0.4, 0.5) is 0 Å². The van der Waals surface area contributed by atoms with Gasteiger partial charge in [0, 0.05) is 10.8 Å². The largest absolute Gasteiger partial charge is 0.507 e. The van der Waals surface area contributed by atoms with Crippen LogP contribution >= 0.6 is 0 Å². The molecule has 0 aromatic heterocycles. The number of benzene rings is 2. The molecule has 0 atom stereocenters. The minimum atomic E-state index is 0.112. The molecule has 0 fully saturated rings. The number of ether oxygens (including phenoxy) is 2. The van der Waals surface area contributed by atoms with Crippen LogP contribution in [0.15, 0.2) is 24.3 Å². The fraction of sp³-hybridized carbons (Fsp3) is 0.0909. The Bertz CT molecular complexity index is 499. The Morgan fingerprint density at radius 2 is 1.33 bits per heavy atom. The Hall–Kier alpha value is -2.10. The number of hydrogen-bond acceptors (Lipinski definition) is 4. The number of phenols is 2. The summed E-state index contributed by atoms with van der Waals surface area (Å²) in [5, 5.41) is 20.3. The molecule has 2 aromatic carbocycles. The molecular weight excluding hydrogens is 196 g/mol. The molecule has 1 aliphatic heterocycles. The van der Waals surface area contributed by atoms with Gasteiger partial charge in [0.1, 0.15) is 11.5 Å². The third kappa shape index (κ3) is 1.08. The Labute approximate surface area is 85.3 Å². The van der Waals surface area contributed by atoms with Crippen LogP contribution in [0.5, 0.6) is 23.0 Å². The number of fused-ring (bicyclic) bond motifs is 2. The van der Waals surface area contributed by atoms with Crippen molar-refractivity contribution in [2.45, 2.75) is 0 Å². The van der Waals surface area contributed by atoms with Crippen molar-refractivity contribution in [2.75, 3.05) is 6.79 Å². The van der Waals surface area contributed by atoms with Crippen LogP contribution in [0.3, 0.4) is 0 Å². The van der Waals surface area contributed by atoms with E-state index in [2.05, 4.69) is 0 Å². The molecule has 0 unspecified atom stereocenters. The summed E-state index contributed by atoms with van der Waals surface area (Å²) in [6, 6.07) is 6.21. The zero-order chi connectivity index (χ0) is 10.4. The lowest BCUT2D eigenvalue weighted by atomic mass is 10.1. The molecule has 0 spiro atoms. The van der Waals surface area contributed by atoms with E-state index in [4.69, 9.17) is 9.47 Å². The molecule has 0 saturated carbocycles. The molecule has 76 valence electrons. The summed E-state index contributed by atoms with van der Waals surface area (Å²) in [7, 11) is 0. The first kappa shape index (κ1) is 8.23. The lowest BCUT2D eigenvalue weighted by Crippen LogP contribution is -1.92. The van der Waals surface area contributed by atoms with Crippen LogP contribution < -0.4 is 9.47 Å². The highest BCUT2D eigenvalue weighted by atomic mass is 16.7. The second kappa shape index (κ2) is 2.70. The Morgan fingerprint density at radius 3 is 1.80 bits per heavy atom. The second-order valence-corrected chi connectivity index (χ2v) is 3.35. The first-order valence-electron chi connectivity index (χ1n) is 4.50. The number of rotatable bonds is 0. The Morgan fingerprint density at radius 1 is 0.867 bits per heavy atom. The van der Waals surface area contributed by atoms with Gasteiger partial charge in [0.05, 0.1) is 0 Å². The Balaban J connectivity index is 2.42. The van der Waals surface area contributed by atoms with E-state index in [0.717, 1.165) is 0 Å². The average molecular weight is 204 g/mol. The van der Waals surface area contributed by atoms with Crippen molar-refractivity contribution < 1.29 is 19.7 Å². The molecule has 3 rings (SSSR count). The van der Waals surface area contributed by atoms with E-state index in [1.165, 1.54) is 12.1 Å². The fourth-order valence-electron chi connectivity index (χ4n) is 1.70. The lowest BCUT2D eigenvalue weighted by Gasteiger charge is -2.04. The van der Waals surface area contributed by atoms with Crippen LogP contribution in [0.2, 0.25) is 0 Å². The third-order valence-corrected chi connectivity index (χ3v) is 2.46. The van der Waals surface area contributed by atoms with Gasteiger partial charge in [-0.05, 0) is 24.3 Å². The summed E-state index contributed by atoms with van der Waals surface area (Å²) in [5.41, 5.74) is 0. The highest BCUT2D eigenvalue weighted by Gasteiger charge is 2.16. The average Bonchev–Trinajstić information content (AvgIpc) is 2.69. The maximum atomic E-state index is 9.62. The van der Waals surface area contributed by atoms with Crippen molar-refractivity contribution in [3.8, 4) is 23.0 Å². The molecular formula is C11H8O4. The second-order valence-electron chi connectivity index (χ2n) is 3.35. The highest BCUT2D eigenvalue weighted by Crippen LogP contribution is 2.41. The van der Waals surface area contributed by atoms with Crippen molar-refractivity contribution in [3.05, 3.63) is 24.3 Å². The predicted octanol–water partition coefficient (Wildman–Crippen LogP) is 1.98. The van der Waals surface area contributed by atoms with Gasteiger partial charge in [0.25, 0.3) is 0 Å². The van der Waals surface area contributed by atoms with Crippen LogP contribution in [-0.4, -0.2) is 17.0 Å². The number of aromatic hydroxyl groups is 2. The summed E-state index contributed by atoms with van der Waals surface area (Å²) in [6.07, 6.45) is 0. The van der Waals surface area contributed by atoms with Crippen molar-refractivity contribution in [2.24, 2.45) is 0 Å². The maximum absolute atomic E-state index is 9.62. The minimum Gasteiger partial charge on any atom is -0.507 e. The summed E-state index contributed by atoms with van der Waals surface area (Å²) in [4.78, 5) is 0. The molecule has 2 aromatic rings. The zero-order valence-corrected chi connectivity index (χ0v) is 7.73. The molecule has 0 radical (unpaired) electrons. The summed E-state index contributed by atoms with van der Waals surface area (Å²) in [5.74, 6) is 1.40. The number of hydrogen-bond donors (Lipinski definition) is 2. The van der Waals surface area contributed by atoms with Gasteiger partial charge in [-0.15, -0.1) is 0 Å². The van der Waals surface area contributed by atoms with E-state index in [0.29, 0.717) is 22.3 Å². The Kier molecular flexibility index (Phi) is 1.48. The van der Waals surface area contributed by atoms with Crippen molar-refractivity contribution in [3.63, 3.8) is 0 Å². The van der Waals surface area contributed by atoms with E-state index in [-0.39, 0.29) is 18.3 Å². The third-order valence-electron chi connectivity index (χ3n) is 2.46. The van der Waals surface area contributed by atoms with Gasteiger partial charge < -0.3 is 19.7 Å². The van der Waals surface area contributed by atoms with E-state index >= 15 is 0 Å². The smallest absolute Gasteiger partial charge is 0.231 e. The van der Waals surface area contributed by atoms with Crippen molar-refractivity contribution >= 4 is 10.8 Å². The molecule has 4 heteroatoms.